The summed E-state index contributed by atoms with van der Waals surface area (Å²) in [5.74, 6) is 0.577. The summed E-state index contributed by atoms with van der Waals surface area (Å²) >= 11 is 0. The molecule has 0 aliphatic heterocycles. The van der Waals surface area contributed by atoms with E-state index in [1.165, 1.54) is 18.4 Å². The molecule has 1 aromatic rings. The van der Waals surface area contributed by atoms with Crippen LogP contribution in [-0.4, -0.2) is 17.8 Å². The molecular formula is C19H32O2. The van der Waals surface area contributed by atoms with Gasteiger partial charge >= 0.3 is 0 Å². The Hall–Kier alpha value is -0.860. The SMILES string of the molecule is C[C@H](CCCCOCc1ccccc1)C[C@H](O)C(C)(C)C. The minimum absolute atomic E-state index is 0.00689. The Bertz CT molecular complexity index is 367. The van der Waals surface area contributed by atoms with Crippen molar-refractivity contribution in [2.24, 2.45) is 11.3 Å². The lowest BCUT2D eigenvalue weighted by molar-refractivity contribution is 0.0413. The molecule has 2 nitrogen and oxygen atoms in total. The Kier molecular flexibility index (Phi) is 7.98. The quantitative estimate of drug-likeness (QED) is 0.662. The molecule has 0 bridgehead atoms. The summed E-state index contributed by atoms with van der Waals surface area (Å²) in [5.41, 5.74) is 1.23. The van der Waals surface area contributed by atoms with Crippen LogP contribution in [0, 0.1) is 11.3 Å². The molecule has 1 rings (SSSR count). The number of aliphatic hydroxyl groups is 1. The van der Waals surface area contributed by atoms with Crippen LogP contribution in [0.15, 0.2) is 30.3 Å². The fourth-order valence-electron chi connectivity index (χ4n) is 2.31. The van der Waals surface area contributed by atoms with Gasteiger partial charge in [-0.1, -0.05) is 70.9 Å². The van der Waals surface area contributed by atoms with Gasteiger partial charge in [0, 0.05) is 6.61 Å². The van der Waals surface area contributed by atoms with Gasteiger partial charge < -0.3 is 9.84 Å². The molecule has 120 valence electrons. The molecule has 0 radical (unpaired) electrons. The van der Waals surface area contributed by atoms with Crippen LogP contribution in [0.1, 0.15) is 58.9 Å². The van der Waals surface area contributed by atoms with E-state index in [0.29, 0.717) is 12.5 Å². The van der Waals surface area contributed by atoms with E-state index in [1.807, 2.05) is 18.2 Å². The van der Waals surface area contributed by atoms with Gasteiger partial charge in [0.2, 0.25) is 0 Å². The summed E-state index contributed by atoms with van der Waals surface area (Å²) in [6, 6.07) is 10.3. The monoisotopic (exact) mass is 292 g/mol. The molecule has 0 saturated heterocycles. The van der Waals surface area contributed by atoms with Gasteiger partial charge in [0.1, 0.15) is 0 Å². The topological polar surface area (TPSA) is 29.5 Å². The van der Waals surface area contributed by atoms with E-state index in [1.54, 1.807) is 0 Å². The highest BCUT2D eigenvalue weighted by molar-refractivity contribution is 5.13. The van der Waals surface area contributed by atoms with Crippen LogP contribution in [0.25, 0.3) is 0 Å². The summed E-state index contributed by atoms with van der Waals surface area (Å²) in [7, 11) is 0. The van der Waals surface area contributed by atoms with Crippen molar-refractivity contribution in [2.75, 3.05) is 6.61 Å². The molecule has 0 aliphatic rings. The first-order chi connectivity index (χ1) is 9.89. The van der Waals surface area contributed by atoms with Gasteiger partial charge in [0.05, 0.1) is 12.7 Å². The number of hydrogen-bond acceptors (Lipinski definition) is 2. The first-order valence-electron chi connectivity index (χ1n) is 8.19. The molecule has 0 spiro atoms. The number of hydrogen-bond donors (Lipinski definition) is 1. The van der Waals surface area contributed by atoms with Crippen molar-refractivity contribution in [1.29, 1.82) is 0 Å². The van der Waals surface area contributed by atoms with E-state index < -0.39 is 0 Å². The normalized spacial score (nSPS) is 14.9. The Balaban J connectivity index is 2.03. The molecule has 0 aliphatic carbocycles. The molecule has 0 fully saturated rings. The average Bonchev–Trinajstić information content (AvgIpc) is 2.42. The third kappa shape index (κ3) is 8.23. The van der Waals surface area contributed by atoms with Gasteiger partial charge in [-0.15, -0.1) is 0 Å². The molecule has 21 heavy (non-hydrogen) atoms. The van der Waals surface area contributed by atoms with Gasteiger partial charge in [-0.25, -0.2) is 0 Å². The Morgan fingerprint density at radius 3 is 2.38 bits per heavy atom. The van der Waals surface area contributed by atoms with Crippen molar-refractivity contribution in [3.8, 4) is 0 Å². The van der Waals surface area contributed by atoms with Crippen LogP contribution in [0.4, 0.5) is 0 Å². The van der Waals surface area contributed by atoms with Gasteiger partial charge in [0.25, 0.3) is 0 Å². The van der Waals surface area contributed by atoms with Gasteiger partial charge in [-0.05, 0) is 29.7 Å². The lowest BCUT2D eigenvalue weighted by Crippen LogP contribution is -2.27. The van der Waals surface area contributed by atoms with Gasteiger partial charge in [-0.2, -0.15) is 0 Å². The zero-order valence-electron chi connectivity index (χ0n) is 14.1. The number of benzene rings is 1. The zero-order chi connectivity index (χ0) is 15.7. The Morgan fingerprint density at radius 1 is 1.10 bits per heavy atom. The largest absolute Gasteiger partial charge is 0.393 e. The van der Waals surface area contributed by atoms with Crippen molar-refractivity contribution >= 4 is 0 Å². The van der Waals surface area contributed by atoms with E-state index in [0.717, 1.165) is 19.4 Å². The lowest BCUT2D eigenvalue weighted by Gasteiger charge is -2.28. The van der Waals surface area contributed by atoms with E-state index >= 15 is 0 Å². The number of rotatable bonds is 9. The summed E-state index contributed by atoms with van der Waals surface area (Å²) < 4.78 is 5.69. The van der Waals surface area contributed by atoms with Crippen molar-refractivity contribution < 1.29 is 9.84 Å². The highest BCUT2D eigenvalue weighted by atomic mass is 16.5. The molecule has 2 atom stereocenters. The molecular weight excluding hydrogens is 260 g/mol. The highest BCUT2D eigenvalue weighted by Crippen LogP contribution is 2.26. The molecule has 1 N–H and O–H groups in total. The van der Waals surface area contributed by atoms with E-state index in [-0.39, 0.29) is 11.5 Å². The second-order valence-electron chi connectivity index (χ2n) is 7.26. The molecule has 0 unspecified atom stereocenters. The molecule has 1 aromatic carbocycles. The van der Waals surface area contributed by atoms with Crippen LogP contribution in [0.2, 0.25) is 0 Å². The Morgan fingerprint density at radius 2 is 1.76 bits per heavy atom. The zero-order valence-corrected chi connectivity index (χ0v) is 14.1. The lowest BCUT2D eigenvalue weighted by atomic mass is 9.83. The van der Waals surface area contributed by atoms with Gasteiger partial charge in [0.15, 0.2) is 0 Å². The maximum Gasteiger partial charge on any atom is 0.0716 e. The predicted molar refractivity (Wildman–Crippen MR) is 89.2 cm³/mol. The minimum Gasteiger partial charge on any atom is -0.393 e. The predicted octanol–water partition coefficient (Wildman–Crippen LogP) is 4.81. The molecule has 0 heterocycles. The van der Waals surface area contributed by atoms with Crippen LogP contribution in [0.3, 0.4) is 0 Å². The summed E-state index contributed by atoms with van der Waals surface area (Å²) in [4.78, 5) is 0. The second kappa shape index (κ2) is 9.22. The van der Waals surface area contributed by atoms with Crippen molar-refractivity contribution in [1.82, 2.24) is 0 Å². The van der Waals surface area contributed by atoms with Crippen molar-refractivity contribution in [3.63, 3.8) is 0 Å². The number of ether oxygens (including phenoxy) is 1. The first kappa shape index (κ1) is 18.2. The number of unbranched alkanes of at least 4 members (excludes halogenated alkanes) is 1. The van der Waals surface area contributed by atoms with E-state index in [4.69, 9.17) is 4.74 Å². The molecule has 0 saturated carbocycles. The maximum absolute atomic E-state index is 10.1. The summed E-state index contributed by atoms with van der Waals surface area (Å²) in [5, 5.41) is 10.1. The van der Waals surface area contributed by atoms with Crippen LogP contribution >= 0.6 is 0 Å². The fraction of sp³-hybridized carbons (Fsp3) is 0.684. The summed E-state index contributed by atoms with van der Waals surface area (Å²) in [6.07, 6.45) is 4.13. The maximum atomic E-state index is 10.1. The first-order valence-corrected chi connectivity index (χ1v) is 8.19. The third-order valence-corrected chi connectivity index (χ3v) is 3.97. The van der Waals surface area contributed by atoms with Crippen LogP contribution in [-0.2, 0) is 11.3 Å². The molecule has 2 heteroatoms. The average molecular weight is 292 g/mol. The van der Waals surface area contributed by atoms with Gasteiger partial charge in [-0.3, -0.25) is 0 Å². The number of aliphatic hydroxyl groups excluding tert-OH is 1. The van der Waals surface area contributed by atoms with E-state index in [9.17, 15) is 5.11 Å². The molecule has 0 aromatic heterocycles. The smallest absolute Gasteiger partial charge is 0.0716 e. The Labute approximate surface area is 130 Å². The second-order valence-corrected chi connectivity index (χ2v) is 7.26. The third-order valence-electron chi connectivity index (χ3n) is 3.97. The highest BCUT2D eigenvalue weighted by Gasteiger charge is 2.23. The fourth-order valence-corrected chi connectivity index (χ4v) is 2.31. The summed E-state index contributed by atoms with van der Waals surface area (Å²) in [6.45, 7) is 10.1. The van der Waals surface area contributed by atoms with E-state index in [2.05, 4.69) is 39.8 Å². The van der Waals surface area contributed by atoms with Crippen molar-refractivity contribution in [2.45, 2.75) is 66.1 Å². The van der Waals surface area contributed by atoms with Crippen LogP contribution in [0.5, 0.6) is 0 Å². The molecule has 0 amide bonds. The standard InChI is InChI=1S/C19H32O2/c1-16(14-18(20)19(2,3)4)10-8-9-13-21-15-17-11-6-5-7-12-17/h5-7,11-12,16,18,20H,8-10,13-15H2,1-4H3/t16-,18+/m1/s1. The van der Waals surface area contributed by atoms with Crippen molar-refractivity contribution in [3.05, 3.63) is 35.9 Å². The van der Waals surface area contributed by atoms with Crippen LogP contribution < -0.4 is 0 Å². The minimum atomic E-state index is -0.207.